The Labute approximate surface area is 363 Å². The predicted octanol–water partition coefficient (Wildman–Crippen LogP) is 9.45. The maximum absolute atomic E-state index is 12.8. The molecular weight excluding hydrogens is 791 g/mol. The molecule has 1 aliphatic rings. The Morgan fingerprint density at radius 1 is 0.500 bits per heavy atom. The Balaban J connectivity index is 2.41. The number of allylic oxidation sites excluding steroid dienone is 2. The van der Waals surface area contributed by atoms with E-state index in [0.717, 1.165) is 57.8 Å². The van der Waals surface area contributed by atoms with Crippen LogP contribution in [0.1, 0.15) is 213 Å². The molecule has 0 aromatic carbocycles. The van der Waals surface area contributed by atoms with E-state index in [1.807, 2.05) is 0 Å². The normalized spacial score (nSPS) is 22.2. The fourth-order valence-electron chi connectivity index (χ4n) is 7.46. The van der Waals surface area contributed by atoms with Gasteiger partial charge in [-0.05, 0) is 38.5 Å². The van der Waals surface area contributed by atoms with Crippen LogP contribution in [0.3, 0.4) is 0 Å². The van der Waals surface area contributed by atoms with E-state index in [1.54, 1.807) is 0 Å². The average Bonchev–Trinajstić information content (AvgIpc) is 3.23. The molecule has 0 saturated heterocycles. The third-order valence-corrected chi connectivity index (χ3v) is 12.3. The largest absolute Gasteiger partial charge is 0.472 e. The van der Waals surface area contributed by atoms with E-state index >= 15 is 0 Å². The number of aliphatic hydroxyl groups is 5. The second-order valence-electron chi connectivity index (χ2n) is 17.0. The van der Waals surface area contributed by atoms with Gasteiger partial charge in [-0.15, -0.1) is 0 Å². The second kappa shape index (κ2) is 37.0. The van der Waals surface area contributed by atoms with Crippen LogP contribution < -0.4 is 0 Å². The molecule has 0 bridgehead atoms. The molecule has 0 aromatic rings. The summed E-state index contributed by atoms with van der Waals surface area (Å²) in [6.07, 6.45) is 25.6. The fraction of sp³-hybridized carbons (Fsp3) is 0.913. The van der Waals surface area contributed by atoms with E-state index in [4.69, 9.17) is 18.5 Å². The summed E-state index contributed by atoms with van der Waals surface area (Å²) in [4.78, 5) is 35.7. The zero-order valence-corrected chi connectivity index (χ0v) is 38.4. The maximum Gasteiger partial charge on any atom is 0.472 e. The number of carbonyl (C=O) groups is 2. The van der Waals surface area contributed by atoms with Crippen molar-refractivity contribution in [2.75, 3.05) is 13.2 Å². The summed E-state index contributed by atoms with van der Waals surface area (Å²) >= 11 is 0. The van der Waals surface area contributed by atoms with Crippen LogP contribution in [0.5, 0.6) is 0 Å². The Morgan fingerprint density at radius 3 is 1.30 bits per heavy atom. The molecule has 0 aliphatic heterocycles. The fourth-order valence-corrected chi connectivity index (χ4v) is 8.43. The number of hydrogen-bond donors (Lipinski definition) is 6. The number of esters is 2. The average molecular weight is 879 g/mol. The highest BCUT2D eigenvalue weighted by atomic mass is 31.2. The van der Waals surface area contributed by atoms with Crippen LogP contribution in [0.2, 0.25) is 0 Å². The summed E-state index contributed by atoms with van der Waals surface area (Å²) in [5.74, 6) is -1.10. The summed E-state index contributed by atoms with van der Waals surface area (Å²) in [6, 6.07) is 0. The van der Waals surface area contributed by atoms with Gasteiger partial charge in [-0.1, -0.05) is 174 Å². The highest BCUT2D eigenvalue weighted by Gasteiger charge is 2.51. The molecular formula is C46H87O13P. The van der Waals surface area contributed by atoms with Gasteiger partial charge in [-0.25, -0.2) is 4.57 Å². The lowest BCUT2D eigenvalue weighted by Gasteiger charge is -2.41. The lowest BCUT2D eigenvalue weighted by Crippen LogP contribution is -2.64. The standard InChI is InChI=1S/C46H87O13P/c1-3-5-7-9-11-13-15-17-18-19-20-21-22-23-25-27-29-31-33-35-40(48)58-38(36-56-39(47)34-32-30-28-26-24-16-14-12-10-8-6-4-2)37-57-60(54,55)59-46-44(52)42(50)41(49)43(51)45(46)53/h12,14,38,41-46,49-53H,3-11,13,15-37H2,1-2H3,(H,54,55)/b14-12+/t38-,41?,42+,43?,44?,45?,46?/m1/s1. The minimum Gasteiger partial charge on any atom is -0.462 e. The van der Waals surface area contributed by atoms with Gasteiger partial charge in [0.15, 0.2) is 6.10 Å². The van der Waals surface area contributed by atoms with Crippen molar-refractivity contribution < 1.29 is 63.1 Å². The molecule has 354 valence electrons. The second-order valence-corrected chi connectivity index (χ2v) is 18.4. The van der Waals surface area contributed by atoms with E-state index < -0.39 is 75.7 Å². The van der Waals surface area contributed by atoms with Gasteiger partial charge in [-0.3, -0.25) is 18.6 Å². The zero-order chi connectivity index (χ0) is 44.3. The monoisotopic (exact) mass is 879 g/mol. The van der Waals surface area contributed by atoms with E-state index in [-0.39, 0.29) is 12.8 Å². The molecule has 8 atom stereocenters. The molecule has 0 heterocycles. The molecule has 1 rings (SSSR count). The van der Waals surface area contributed by atoms with Crippen molar-refractivity contribution in [2.45, 2.75) is 256 Å². The van der Waals surface area contributed by atoms with Crippen LogP contribution in [0.25, 0.3) is 0 Å². The minimum absolute atomic E-state index is 0.101. The van der Waals surface area contributed by atoms with Crippen molar-refractivity contribution in [1.82, 2.24) is 0 Å². The number of hydrogen-bond acceptors (Lipinski definition) is 12. The first-order valence-electron chi connectivity index (χ1n) is 24.0. The molecule has 13 nitrogen and oxygen atoms in total. The van der Waals surface area contributed by atoms with E-state index in [0.29, 0.717) is 12.8 Å². The van der Waals surface area contributed by atoms with Crippen LogP contribution in [0.15, 0.2) is 12.2 Å². The van der Waals surface area contributed by atoms with Crippen LogP contribution in [0.4, 0.5) is 0 Å². The molecule has 1 saturated carbocycles. The molecule has 1 fully saturated rings. The molecule has 60 heavy (non-hydrogen) atoms. The van der Waals surface area contributed by atoms with Crippen LogP contribution in [-0.4, -0.2) is 98.3 Å². The lowest BCUT2D eigenvalue weighted by molar-refractivity contribution is -0.220. The number of ether oxygens (including phenoxy) is 2. The smallest absolute Gasteiger partial charge is 0.462 e. The van der Waals surface area contributed by atoms with Gasteiger partial charge in [-0.2, -0.15) is 0 Å². The number of rotatable bonds is 40. The van der Waals surface area contributed by atoms with Gasteiger partial charge >= 0.3 is 19.8 Å². The predicted molar refractivity (Wildman–Crippen MR) is 235 cm³/mol. The summed E-state index contributed by atoms with van der Waals surface area (Å²) < 4.78 is 33.5. The molecule has 0 radical (unpaired) electrons. The van der Waals surface area contributed by atoms with E-state index in [1.165, 1.54) is 116 Å². The Bertz CT molecular complexity index is 1110. The summed E-state index contributed by atoms with van der Waals surface area (Å²) in [7, 11) is -5.11. The number of phosphoric ester groups is 1. The van der Waals surface area contributed by atoms with Crippen molar-refractivity contribution in [3.05, 3.63) is 12.2 Å². The van der Waals surface area contributed by atoms with Crippen LogP contribution >= 0.6 is 7.82 Å². The van der Waals surface area contributed by atoms with Crippen LogP contribution in [-0.2, 0) is 32.7 Å². The van der Waals surface area contributed by atoms with Gasteiger partial charge in [0.05, 0.1) is 6.61 Å². The summed E-state index contributed by atoms with van der Waals surface area (Å²) in [6.45, 7) is 3.29. The molecule has 6 N–H and O–H groups in total. The highest BCUT2D eigenvalue weighted by molar-refractivity contribution is 7.47. The van der Waals surface area contributed by atoms with Gasteiger partial charge in [0.25, 0.3) is 0 Å². The van der Waals surface area contributed by atoms with Gasteiger partial charge in [0.2, 0.25) is 0 Å². The topological polar surface area (TPSA) is 210 Å². The van der Waals surface area contributed by atoms with Crippen molar-refractivity contribution in [1.29, 1.82) is 0 Å². The first-order chi connectivity index (χ1) is 28.9. The van der Waals surface area contributed by atoms with E-state index in [9.17, 15) is 44.6 Å². The SMILES string of the molecule is CCCCC/C=C/CCCCCCCC(=O)OC[C@H](COP(=O)(O)OC1C(O)C(O)C(O)[C@H](O)C1O)OC(=O)CCCCCCCCCCCCCCCCCCCCC. The minimum atomic E-state index is -5.11. The zero-order valence-electron chi connectivity index (χ0n) is 37.5. The first-order valence-corrected chi connectivity index (χ1v) is 25.5. The Morgan fingerprint density at radius 2 is 0.850 bits per heavy atom. The molecule has 6 unspecified atom stereocenters. The first kappa shape index (κ1) is 56.6. The Hall–Kier alpha value is -1.41. The van der Waals surface area contributed by atoms with Gasteiger partial charge in [0, 0.05) is 12.8 Å². The third-order valence-electron chi connectivity index (χ3n) is 11.4. The lowest BCUT2D eigenvalue weighted by atomic mass is 9.85. The molecule has 0 amide bonds. The van der Waals surface area contributed by atoms with Crippen LogP contribution in [0, 0.1) is 0 Å². The number of aliphatic hydroxyl groups excluding tert-OH is 5. The molecule has 1 aliphatic carbocycles. The van der Waals surface area contributed by atoms with Crippen molar-refractivity contribution in [3.8, 4) is 0 Å². The molecule has 14 heteroatoms. The quantitative estimate of drug-likeness (QED) is 0.0147. The van der Waals surface area contributed by atoms with Gasteiger partial charge < -0.3 is 39.9 Å². The maximum atomic E-state index is 12.8. The van der Waals surface area contributed by atoms with Crippen molar-refractivity contribution in [2.24, 2.45) is 0 Å². The van der Waals surface area contributed by atoms with E-state index in [2.05, 4.69) is 26.0 Å². The summed E-state index contributed by atoms with van der Waals surface area (Å²) in [5, 5.41) is 50.1. The third kappa shape index (κ3) is 29.0. The number of carbonyl (C=O) groups excluding carboxylic acids is 2. The highest BCUT2D eigenvalue weighted by Crippen LogP contribution is 2.47. The number of unbranched alkanes of at least 4 members (excludes halogenated alkanes) is 26. The van der Waals surface area contributed by atoms with Crippen molar-refractivity contribution >= 4 is 19.8 Å². The van der Waals surface area contributed by atoms with Gasteiger partial charge in [0.1, 0.15) is 43.2 Å². The van der Waals surface area contributed by atoms with Crippen molar-refractivity contribution in [3.63, 3.8) is 0 Å². The molecule has 0 aromatic heterocycles. The number of phosphoric acid groups is 1. The summed E-state index contributed by atoms with van der Waals surface area (Å²) in [5.41, 5.74) is 0. The Kier molecular flexibility index (Phi) is 34.9. The molecule has 0 spiro atoms.